The number of phenols is 1. The molecule has 1 aromatic carbocycles. The van der Waals surface area contributed by atoms with Gasteiger partial charge >= 0.3 is 0 Å². The minimum Gasteiger partial charge on any atom is -0.508 e. The number of phenolic OH excluding ortho intramolecular Hbond substituents is 1. The molecule has 76 valence electrons. The van der Waals surface area contributed by atoms with Gasteiger partial charge in [0.15, 0.2) is 0 Å². The predicted octanol–water partition coefficient (Wildman–Crippen LogP) is 2.66. The van der Waals surface area contributed by atoms with Crippen LogP contribution in [0.5, 0.6) is 5.75 Å². The third-order valence-electron chi connectivity index (χ3n) is 3.21. The van der Waals surface area contributed by atoms with Crippen LogP contribution in [-0.2, 0) is 6.42 Å². The van der Waals surface area contributed by atoms with Crippen LogP contribution in [0.2, 0.25) is 0 Å². The van der Waals surface area contributed by atoms with E-state index in [2.05, 4.69) is 11.1 Å². The summed E-state index contributed by atoms with van der Waals surface area (Å²) >= 11 is 0. The highest BCUT2D eigenvalue weighted by Gasteiger charge is 2.23. The van der Waals surface area contributed by atoms with Crippen molar-refractivity contribution < 1.29 is 5.11 Å². The van der Waals surface area contributed by atoms with Crippen LogP contribution in [0.1, 0.15) is 24.0 Å². The Morgan fingerprint density at radius 2 is 2.27 bits per heavy atom. The number of hydrogen-bond donors (Lipinski definition) is 1. The summed E-state index contributed by atoms with van der Waals surface area (Å²) in [6.45, 7) is 0. The van der Waals surface area contributed by atoms with Gasteiger partial charge in [0, 0.05) is 12.1 Å². The molecule has 0 aromatic heterocycles. The summed E-state index contributed by atoms with van der Waals surface area (Å²) in [4.78, 5) is 4.44. The van der Waals surface area contributed by atoms with Crippen LogP contribution >= 0.6 is 0 Å². The summed E-state index contributed by atoms with van der Waals surface area (Å²) in [7, 11) is 0. The van der Waals surface area contributed by atoms with E-state index in [1.54, 1.807) is 6.07 Å². The van der Waals surface area contributed by atoms with Gasteiger partial charge in [0.25, 0.3) is 0 Å². The van der Waals surface area contributed by atoms with Crippen molar-refractivity contribution in [1.29, 1.82) is 0 Å². The van der Waals surface area contributed by atoms with E-state index in [4.69, 9.17) is 0 Å². The monoisotopic (exact) mass is 199 g/mol. The molecule has 2 aliphatic rings. The lowest BCUT2D eigenvalue weighted by molar-refractivity contribution is 0.474. The minimum atomic E-state index is 0.360. The summed E-state index contributed by atoms with van der Waals surface area (Å²) in [5, 5.41) is 9.47. The Bertz CT molecular complexity index is 460. The first-order valence-electron chi connectivity index (χ1n) is 5.41. The van der Waals surface area contributed by atoms with Gasteiger partial charge in [0.1, 0.15) is 5.75 Å². The van der Waals surface area contributed by atoms with Crippen molar-refractivity contribution in [3.63, 3.8) is 0 Å². The number of hydrogen-bond acceptors (Lipinski definition) is 2. The van der Waals surface area contributed by atoms with Gasteiger partial charge in [-0.25, -0.2) is 0 Å². The zero-order valence-electron chi connectivity index (χ0n) is 8.48. The molecule has 0 spiro atoms. The maximum Gasteiger partial charge on any atom is 0.115 e. The summed E-state index contributed by atoms with van der Waals surface area (Å²) < 4.78 is 0. The van der Waals surface area contributed by atoms with Crippen LogP contribution in [0, 0.1) is 5.92 Å². The zero-order valence-corrected chi connectivity index (χ0v) is 8.48. The number of nitrogens with zero attached hydrogens (tertiary/aromatic N) is 1. The van der Waals surface area contributed by atoms with Crippen LogP contribution in [-0.4, -0.2) is 10.8 Å². The normalized spacial score (nSPS) is 22.9. The van der Waals surface area contributed by atoms with Gasteiger partial charge in [-0.2, -0.15) is 0 Å². The molecule has 0 saturated carbocycles. The molecular weight excluding hydrogens is 186 g/mol. The summed E-state index contributed by atoms with van der Waals surface area (Å²) in [5.74, 6) is 0.856. The van der Waals surface area contributed by atoms with E-state index in [9.17, 15) is 5.11 Å². The Labute approximate surface area is 89.0 Å². The average molecular weight is 199 g/mol. The molecule has 2 heteroatoms. The first kappa shape index (κ1) is 8.72. The summed E-state index contributed by atoms with van der Waals surface area (Å²) in [6.07, 6.45) is 7.47. The molecule has 1 aromatic rings. The quantitative estimate of drug-likeness (QED) is 0.684. The Hall–Kier alpha value is -1.57. The highest BCUT2D eigenvalue weighted by atomic mass is 16.3. The topological polar surface area (TPSA) is 32.6 Å². The van der Waals surface area contributed by atoms with Gasteiger partial charge in [-0.05, 0) is 48.6 Å². The second kappa shape index (κ2) is 3.23. The number of allylic oxidation sites excluding steroid dienone is 1. The zero-order chi connectivity index (χ0) is 10.3. The number of aromatic hydroxyl groups is 1. The molecule has 3 rings (SSSR count). The van der Waals surface area contributed by atoms with E-state index in [1.165, 1.54) is 29.7 Å². The molecule has 2 nitrogen and oxygen atoms in total. The molecule has 1 atom stereocenters. The molecule has 0 radical (unpaired) electrons. The SMILES string of the molecule is Oc1ccc2c(c1)CCCC1C=CN=C21. The van der Waals surface area contributed by atoms with Crippen molar-refractivity contribution in [3.8, 4) is 5.75 Å². The van der Waals surface area contributed by atoms with Crippen molar-refractivity contribution in [1.82, 2.24) is 0 Å². The molecule has 0 amide bonds. The van der Waals surface area contributed by atoms with Gasteiger partial charge in [0.2, 0.25) is 0 Å². The van der Waals surface area contributed by atoms with Crippen molar-refractivity contribution in [2.24, 2.45) is 10.9 Å². The lowest BCUT2D eigenvalue weighted by Gasteiger charge is -2.09. The van der Waals surface area contributed by atoms with Crippen molar-refractivity contribution in [3.05, 3.63) is 41.6 Å². The fraction of sp³-hybridized carbons (Fsp3) is 0.308. The van der Waals surface area contributed by atoms with Gasteiger partial charge in [0.05, 0.1) is 5.71 Å². The van der Waals surface area contributed by atoms with Crippen molar-refractivity contribution in [2.75, 3.05) is 0 Å². The number of rotatable bonds is 0. The first-order chi connectivity index (χ1) is 7.34. The van der Waals surface area contributed by atoms with E-state index in [1.807, 2.05) is 18.3 Å². The number of benzene rings is 1. The molecular formula is C13H13NO. The predicted molar refractivity (Wildman–Crippen MR) is 60.2 cm³/mol. The lowest BCUT2D eigenvalue weighted by Crippen LogP contribution is -2.09. The largest absolute Gasteiger partial charge is 0.508 e. The Morgan fingerprint density at radius 3 is 3.20 bits per heavy atom. The Balaban J connectivity index is 2.14. The van der Waals surface area contributed by atoms with Crippen LogP contribution in [0.3, 0.4) is 0 Å². The Morgan fingerprint density at radius 1 is 1.33 bits per heavy atom. The van der Waals surface area contributed by atoms with Gasteiger partial charge < -0.3 is 5.11 Å². The molecule has 1 aliphatic heterocycles. The van der Waals surface area contributed by atoms with E-state index in [-0.39, 0.29) is 0 Å². The van der Waals surface area contributed by atoms with E-state index >= 15 is 0 Å². The summed E-state index contributed by atoms with van der Waals surface area (Å²) in [5.41, 5.74) is 3.64. The molecule has 1 aliphatic carbocycles. The molecule has 1 unspecified atom stereocenters. The van der Waals surface area contributed by atoms with Gasteiger partial charge in [-0.15, -0.1) is 0 Å². The maximum absolute atomic E-state index is 9.47. The van der Waals surface area contributed by atoms with E-state index in [0.717, 1.165) is 6.42 Å². The van der Waals surface area contributed by atoms with Crippen LogP contribution < -0.4 is 0 Å². The lowest BCUT2D eigenvalue weighted by atomic mass is 9.95. The average Bonchev–Trinajstić information content (AvgIpc) is 2.61. The second-order valence-electron chi connectivity index (χ2n) is 4.20. The van der Waals surface area contributed by atoms with Gasteiger partial charge in [-0.3, -0.25) is 4.99 Å². The second-order valence-corrected chi connectivity index (χ2v) is 4.20. The van der Waals surface area contributed by atoms with Crippen LogP contribution in [0.15, 0.2) is 35.5 Å². The number of fused-ring (bicyclic) bond motifs is 3. The van der Waals surface area contributed by atoms with Crippen LogP contribution in [0.4, 0.5) is 0 Å². The van der Waals surface area contributed by atoms with Gasteiger partial charge in [-0.1, -0.05) is 6.08 Å². The molecule has 0 bridgehead atoms. The fourth-order valence-corrected chi connectivity index (χ4v) is 2.47. The number of aliphatic imine (C=N–C) groups is 1. The third kappa shape index (κ3) is 1.37. The maximum atomic E-state index is 9.47. The minimum absolute atomic E-state index is 0.360. The molecule has 15 heavy (non-hydrogen) atoms. The molecule has 1 N–H and O–H groups in total. The molecule has 1 heterocycles. The fourth-order valence-electron chi connectivity index (χ4n) is 2.47. The Kier molecular flexibility index (Phi) is 1.88. The third-order valence-corrected chi connectivity index (χ3v) is 3.21. The van der Waals surface area contributed by atoms with Crippen molar-refractivity contribution >= 4 is 5.71 Å². The first-order valence-corrected chi connectivity index (χ1v) is 5.41. The highest BCUT2D eigenvalue weighted by molar-refractivity contribution is 6.06. The van der Waals surface area contributed by atoms with Crippen LogP contribution in [0.25, 0.3) is 0 Å². The van der Waals surface area contributed by atoms with E-state index in [0.29, 0.717) is 11.7 Å². The summed E-state index contributed by atoms with van der Waals surface area (Å²) in [6, 6.07) is 5.62. The highest BCUT2D eigenvalue weighted by Crippen LogP contribution is 2.30. The van der Waals surface area contributed by atoms with E-state index < -0.39 is 0 Å². The molecule has 0 fully saturated rings. The smallest absolute Gasteiger partial charge is 0.115 e. The standard InChI is InChI=1S/C13H13NO/c15-11-4-5-12-10(8-11)3-1-2-9-6-7-14-13(9)12/h4-9,15H,1-3H2. The molecule has 0 saturated heterocycles. The van der Waals surface area contributed by atoms with Crippen molar-refractivity contribution in [2.45, 2.75) is 19.3 Å². The number of aryl methyl sites for hydroxylation is 1.